The standard InChI is InChI=1S/C17H24N2O2S/c20-15-3-1-2-14(15)18-7-9-19(10-8-18)17(21)16-13(6-11-22-16)12-4-5-12/h6,11-12,14-15,20H,1-5,7-10H2/t14-,15+/m0/s1. The maximum atomic E-state index is 12.8. The molecule has 0 unspecified atom stereocenters. The normalized spacial score (nSPS) is 30.0. The second kappa shape index (κ2) is 5.95. The van der Waals surface area contributed by atoms with Crippen LogP contribution in [0.25, 0.3) is 0 Å². The van der Waals surface area contributed by atoms with Crippen molar-refractivity contribution < 1.29 is 9.90 Å². The minimum absolute atomic E-state index is 0.166. The van der Waals surface area contributed by atoms with Gasteiger partial charge in [-0.3, -0.25) is 9.69 Å². The molecule has 1 amide bonds. The summed E-state index contributed by atoms with van der Waals surface area (Å²) < 4.78 is 0. The molecule has 0 aromatic carbocycles. The van der Waals surface area contributed by atoms with E-state index in [0.717, 1.165) is 50.3 Å². The number of carbonyl (C=O) groups is 1. The summed E-state index contributed by atoms with van der Waals surface area (Å²) >= 11 is 1.60. The molecule has 1 aromatic rings. The van der Waals surface area contributed by atoms with Crippen molar-refractivity contribution >= 4 is 17.2 Å². The number of rotatable bonds is 3. The molecular weight excluding hydrogens is 296 g/mol. The molecule has 3 aliphatic rings. The first-order valence-electron chi connectivity index (χ1n) is 8.53. The van der Waals surface area contributed by atoms with Gasteiger partial charge in [-0.2, -0.15) is 0 Å². The van der Waals surface area contributed by atoms with E-state index in [1.165, 1.54) is 18.4 Å². The highest BCUT2D eigenvalue weighted by molar-refractivity contribution is 7.12. The third kappa shape index (κ3) is 2.70. The highest BCUT2D eigenvalue weighted by Crippen LogP contribution is 2.43. The Kier molecular flexibility index (Phi) is 3.96. The molecule has 0 bridgehead atoms. The van der Waals surface area contributed by atoms with Gasteiger partial charge in [0, 0.05) is 32.2 Å². The average molecular weight is 320 g/mol. The summed E-state index contributed by atoms with van der Waals surface area (Å²) in [5.74, 6) is 0.864. The Morgan fingerprint density at radius 2 is 1.91 bits per heavy atom. The molecule has 0 radical (unpaired) electrons. The monoisotopic (exact) mass is 320 g/mol. The number of piperazine rings is 1. The number of aliphatic hydroxyl groups excluding tert-OH is 1. The van der Waals surface area contributed by atoms with Crippen molar-refractivity contribution in [3.8, 4) is 0 Å². The second-order valence-corrected chi connectivity index (χ2v) is 7.79. The number of hydrogen-bond donors (Lipinski definition) is 1. The summed E-state index contributed by atoms with van der Waals surface area (Å²) in [5.41, 5.74) is 1.28. The average Bonchev–Trinajstić information content (AvgIpc) is 3.11. The van der Waals surface area contributed by atoms with Crippen LogP contribution in [0.5, 0.6) is 0 Å². The molecule has 2 saturated carbocycles. The summed E-state index contributed by atoms with van der Waals surface area (Å²) in [6.07, 6.45) is 5.48. The van der Waals surface area contributed by atoms with Crippen LogP contribution in [0.15, 0.2) is 11.4 Å². The Morgan fingerprint density at radius 1 is 1.14 bits per heavy atom. The molecule has 2 heterocycles. The molecule has 1 aliphatic heterocycles. The van der Waals surface area contributed by atoms with Crippen LogP contribution >= 0.6 is 11.3 Å². The van der Waals surface area contributed by atoms with E-state index in [0.29, 0.717) is 12.0 Å². The summed E-state index contributed by atoms with van der Waals surface area (Å²) in [4.78, 5) is 18.1. The first-order valence-corrected chi connectivity index (χ1v) is 9.41. The zero-order chi connectivity index (χ0) is 15.1. The van der Waals surface area contributed by atoms with Crippen LogP contribution in [0.2, 0.25) is 0 Å². The topological polar surface area (TPSA) is 43.8 Å². The molecule has 5 heteroatoms. The van der Waals surface area contributed by atoms with Crippen LogP contribution in [0.4, 0.5) is 0 Å². The minimum Gasteiger partial charge on any atom is -0.391 e. The fourth-order valence-corrected chi connectivity index (χ4v) is 4.91. The van der Waals surface area contributed by atoms with Crippen LogP contribution in [-0.2, 0) is 0 Å². The lowest BCUT2D eigenvalue weighted by Crippen LogP contribution is -2.53. The number of thiophene rings is 1. The minimum atomic E-state index is -0.166. The van der Waals surface area contributed by atoms with E-state index in [9.17, 15) is 9.90 Å². The molecule has 1 aromatic heterocycles. The maximum absolute atomic E-state index is 12.8. The Balaban J connectivity index is 1.38. The number of nitrogens with zero attached hydrogens (tertiary/aromatic N) is 2. The molecule has 0 spiro atoms. The van der Waals surface area contributed by atoms with E-state index in [1.807, 2.05) is 4.90 Å². The Morgan fingerprint density at radius 3 is 2.55 bits per heavy atom. The lowest BCUT2D eigenvalue weighted by Gasteiger charge is -2.39. The van der Waals surface area contributed by atoms with Crippen molar-refractivity contribution in [1.29, 1.82) is 0 Å². The van der Waals surface area contributed by atoms with Gasteiger partial charge in [-0.25, -0.2) is 0 Å². The van der Waals surface area contributed by atoms with Crippen molar-refractivity contribution in [3.05, 3.63) is 21.9 Å². The van der Waals surface area contributed by atoms with Crippen LogP contribution in [0, 0.1) is 0 Å². The number of amides is 1. The van der Waals surface area contributed by atoms with Crippen LogP contribution < -0.4 is 0 Å². The largest absolute Gasteiger partial charge is 0.391 e. The van der Waals surface area contributed by atoms with Crippen molar-refractivity contribution in [2.75, 3.05) is 26.2 Å². The SMILES string of the molecule is O=C(c1sccc1C1CC1)N1CCN([C@H]2CCC[C@H]2O)CC1. The van der Waals surface area contributed by atoms with E-state index >= 15 is 0 Å². The lowest BCUT2D eigenvalue weighted by molar-refractivity contribution is 0.0317. The van der Waals surface area contributed by atoms with Gasteiger partial charge in [0.05, 0.1) is 11.0 Å². The first kappa shape index (κ1) is 14.7. The molecule has 3 fully saturated rings. The molecule has 120 valence electrons. The summed E-state index contributed by atoms with van der Waals surface area (Å²) in [6, 6.07) is 2.46. The van der Waals surface area contributed by atoms with E-state index in [4.69, 9.17) is 0 Å². The van der Waals surface area contributed by atoms with Crippen molar-refractivity contribution in [1.82, 2.24) is 9.80 Å². The highest BCUT2D eigenvalue weighted by Gasteiger charge is 2.35. The van der Waals surface area contributed by atoms with Gasteiger partial charge in [0.2, 0.25) is 0 Å². The number of hydrogen-bond acceptors (Lipinski definition) is 4. The van der Waals surface area contributed by atoms with Gasteiger partial charge in [0.25, 0.3) is 5.91 Å². The highest BCUT2D eigenvalue weighted by atomic mass is 32.1. The second-order valence-electron chi connectivity index (χ2n) is 6.87. The number of aliphatic hydroxyl groups is 1. The van der Waals surface area contributed by atoms with Crippen molar-refractivity contribution in [2.45, 2.75) is 50.2 Å². The molecule has 22 heavy (non-hydrogen) atoms. The maximum Gasteiger partial charge on any atom is 0.264 e. The van der Waals surface area contributed by atoms with Crippen molar-refractivity contribution in [3.63, 3.8) is 0 Å². The summed E-state index contributed by atoms with van der Waals surface area (Å²) in [5, 5.41) is 12.1. The van der Waals surface area contributed by atoms with Crippen LogP contribution in [-0.4, -0.2) is 59.1 Å². The van der Waals surface area contributed by atoms with Gasteiger partial charge in [-0.1, -0.05) is 0 Å². The molecule has 1 saturated heterocycles. The summed E-state index contributed by atoms with van der Waals surface area (Å²) in [6.45, 7) is 3.39. The third-order valence-electron chi connectivity index (χ3n) is 5.42. The fraction of sp³-hybridized carbons (Fsp3) is 0.706. The predicted molar refractivity (Wildman–Crippen MR) is 87.4 cm³/mol. The molecular formula is C17H24N2O2S. The molecule has 4 rings (SSSR count). The zero-order valence-corrected chi connectivity index (χ0v) is 13.7. The van der Waals surface area contributed by atoms with Crippen LogP contribution in [0.3, 0.4) is 0 Å². The lowest BCUT2D eigenvalue weighted by atomic mass is 10.1. The van der Waals surface area contributed by atoms with E-state index in [2.05, 4.69) is 16.3 Å². The van der Waals surface area contributed by atoms with E-state index in [1.54, 1.807) is 11.3 Å². The summed E-state index contributed by atoms with van der Waals surface area (Å²) in [7, 11) is 0. The van der Waals surface area contributed by atoms with Gasteiger partial charge in [-0.05, 0) is 55.0 Å². The zero-order valence-electron chi connectivity index (χ0n) is 12.9. The number of carbonyl (C=O) groups excluding carboxylic acids is 1. The van der Waals surface area contributed by atoms with Gasteiger partial charge < -0.3 is 10.0 Å². The Labute approximate surface area is 135 Å². The smallest absolute Gasteiger partial charge is 0.264 e. The Bertz CT molecular complexity index is 547. The first-order chi connectivity index (χ1) is 10.7. The van der Waals surface area contributed by atoms with Gasteiger partial charge in [0.15, 0.2) is 0 Å². The molecule has 4 nitrogen and oxygen atoms in total. The van der Waals surface area contributed by atoms with Gasteiger partial charge in [0.1, 0.15) is 0 Å². The molecule has 1 N–H and O–H groups in total. The third-order valence-corrected chi connectivity index (χ3v) is 6.34. The molecule has 2 aliphatic carbocycles. The Hall–Kier alpha value is -0.910. The van der Waals surface area contributed by atoms with Gasteiger partial charge in [-0.15, -0.1) is 11.3 Å². The van der Waals surface area contributed by atoms with Gasteiger partial charge >= 0.3 is 0 Å². The quantitative estimate of drug-likeness (QED) is 0.929. The van der Waals surface area contributed by atoms with Crippen molar-refractivity contribution in [2.24, 2.45) is 0 Å². The fourth-order valence-electron chi connectivity index (χ4n) is 3.96. The predicted octanol–water partition coefficient (Wildman–Crippen LogP) is 2.30. The van der Waals surface area contributed by atoms with Crippen LogP contribution in [0.1, 0.15) is 53.3 Å². The van der Waals surface area contributed by atoms with E-state index < -0.39 is 0 Å². The van der Waals surface area contributed by atoms with E-state index in [-0.39, 0.29) is 12.0 Å². The molecule has 2 atom stereocenters.